The molecule has 4 aliphatic carbocycles. The molecule has 2 fully saturated rings. The van der Waals surface area contributed by atoms with Gasteiger partial charge in [0, 0.05) is 11.8 Å². The Balaban J connectivity index is 1.74. The normalized spacial score (nSPS) is 38.4. The van der Waals surface area contributed by atoms with Crippen LogP contribution in [0.2, 0.25) is 0 Å². The molecule has 2 saturated carbocycles. The van der Waals surface area contributed by atoms with Crippen molar-refractivity contribution >= 4 is 11.6 Å². The number of hydrogen-bond donors (Lipinski definition) is 0. The maximum absolute atomic E-state index is 11.9. The molecule has 0 amide bonds. The molecule has 1 aromatic carbocycles. The van der Waals surface area contributed by atoms with Crippen molar-refractivity contribution in [2.75, 3.05) is 0 Å². The highest BCUT2D eigenvalue weighted by molar-refractivity contribution is 6.18. The van der Waals surface area contributed by atoms with E-state index in [0.29, 0.717) is 11.6 Å². The van der Waals surface area contributed by atoms with Crippen LogP contribution in [-0.2, 0) is 22.4 Å². The minimum absolute atomic E-state index is 0.0663. The molecule has 4 aliphatic rings. The van der Waals surface area contributed by atoms with E-state index in [4.69, 9.17) is 0 Å². The summed E-state index contributed by atoms with van der Waals surface area (Å²) in [6.45, 7) is 0. The van der Waals surface area contributed by atoms with E-state index in [1.165, 1.54) is 35.1 Å². The minimum Gasteiger partial charge on any atom is -0.299 e. The quantitative estimate of drug-likeness (QED) is 0.694. The molecule has 2 nitrogen and oxygen atoms in total. The number of ketones is 2. The number of aryl methyl sites for hydroxylation is 2. The Bertz CT molecular complexity index is 573. The Labute approximate surface area is 105 Å². The molecule has 0 bridgehead atoms. The third-order valence-corrected chi connectivity index (χ3v) is 5.37. The molecule has 2 heteroatoms. The van der Waals surface area contributed by atoms with Crippen LogP contribution in [0.15, 0.2) is 12.1 Å². The fourth-order valence-corrected chi connectivity index (χ4v) is 4.34. The summed E-state index contributed by atoms with van der Waals surface area (Å²) in [5.74, 6) is 0.948. The van der Waals surface area contributed by atoms with Gasteiger partial charge in [-0.25, -0.2) is 0 Å². The van der Waals surface area contributed by atoms with Crippen molar-refractivity contribution in [3.8, 4) is 0 Å². The summed E-state index contributed by atoms with van der Waals surface area (Å²) in [6, 6.07) is 4.52. The van der Waals surface area contributed by atoms with Crippen molar-refractivity contribution in [1.29, 1.82) is 0 Å². The number of Topliss-reactive ketones (excluding diaryl/α,β-unsaturated/α-hetero) is 2. The zero-order chi connectivity index (χ0) is 12.0. The van der Waals surface area contributed by atoms with Gasteiger partial charge in [0.05, 0.1) is 11.8 Å². The molecule has 4 atom stereocenters. The highest BCUT2D eigenvalue weighted by Crippen LogP contribution is 2.66. The third kappa shape index (κ3) is 0.933. The molecule has 4 unspecified atom stereocenters. The zero-order valence-electron chi connectivity index (χ0n) is 10.1. The monoisotopic (exact) mass is 238 g/mol. The maximum atomic E-state index is 11.9. The lowest BCUT2D eigenvalue weighted by atomic mass is 9.83. The zero-order valence-corrected chi connectivity index (χ0v) is 10.1. The van der Waals surface area contributed by atoms with Gasteiger partial charge in [0.25, 0.3) is 0 Å². The van der Waals surface area contributed by atoms with Gasteiger partial charge in [-0.15, -0.1) is 0 Å². The predicted molar refractivity (Wildman–Crippen MR) is 65.6 cm³/mol. The van der Waals surface area contributed by atoms with Gasteiger partial charge in [-0.1, -0.05) is 12.1 Å². The molecule has 0 aromatic heterocycles. The second-order valence-corrected chi connectivity index (χ2v) is 6.27. The van der Waals surface area contributed by atoms with E-state index in [9.17, 15) is 9.59 Å². The molecule has 0 saturated heterocycles. The van der Waals surface area contributed by atoms with Gasteiger partial charge in [0.2, 0.25) is 0 Å². The summed E-state index contributed by atoms with van der Waals surface area (Å²) in [7, 11) is 0. The highest BCUT2D eigenvalue weighted by Gasteiger charge is 2.71. The molecule has 0 spiro atoms. The molecule has 90 valence electrons. The lowest BCUT2D eigenvalue weighted by Gasteiger charge is -2.21. The number of hydrogen-bond acceptors (Lipinski definition) is 2. The second kappa shape index (κ2) is 2.76. The van der Waals surface area contributed by atoms with Gasteiger partial charge in [-0.3, -0.25) is 9.59 Å². The van der Waals surface area contributed by atoms with Crippen molar-refractivity contribution in [3.05, 3.63) is 34.4 Å². The fraction of sp³-hybridized carbons (Fsp3) is 0.500. The van der Waals surface area contributed by atoms with E-state index < -0.39 is 0 Å². The summed E-state index contributed by atoms with van der Waals surface area (Å²) in [6.07, 6.45) is 4.82. The predicted octanol–water partition coefficient (Wildman–Crippen LogP) is 2.14. The Morgan fingerprint density at radius 2 is 1.22 bits per heavy atom. The minimum atomic E-state index is 0.0663. The number of benzene rings is 1. The van der Waals surface area contributed by atoms with Crippen molar-refractivity contribution in [3.63, 3.8) is 0 Å². The largest absolute Gasteiger partial charge is 0.299 e. The van der Waals surface area contributed by atoms with E-state index >= 15 is 0 Å². The standard InChI is InChI=1S/C16H14O2/c17-15-11-9-5-7-3-1-2-4-8(7)6-10(9)12-14(13(11)15)16(12)18/h5-6,11-14H,1-4H2. The Morgan fingerprint density at radius 3 is 1.67 bits per heavy atom. The average Bonchev–Trinajstić information content (AvgIpc) is 3.25. The van der Waals surface area contributed by atoms with Crippen LogP contribution in [0.3, 0.4) is 0 Å². The van der Waals surface area contributed by atoms with Gasteiger partial charge in [-0.05, 0) is 47.9 Å². The molecule has 5 rings (SSSR count). The lowest BCUT2D eigenvalue weighted by Crippen LogP contribution is -2.08. The summed E-state index contributed by atoms with van der Waals surface area (Å²) < 4.78 is 0. The summed E-state index contributed by atoms with van der Waals surface area (Å²) in [5, 5.41) is 0. The maximum Gasteiger partial charge on any atom is 0.145 e. The number of rotatable bonds is 0. The number of fused-ring (bicyclic) bond motifs is 7. The van der Waals surface area contributed by atoms with Crippen molar-refractivity contribution < 1.29 is 9.59 Å². The number of carbonyl (C=O) groups is 2. The smallest absolute Gasteiger partial charge is 0.145 e. The van der Waals surface area contributed by atoms with Crippen LogP contribution in [0.5, 0.6) is 0 Å². The molecule has 18 heavy (non-hydrogen) atoms. The first-order chi connectivity index (χ1) is 8.77. The summed E-state index contributed by atoms with van der Waals surface area (Å²) in [4.78, 5) is 23.8. The Morgan fingerprint density at radius 1 is 0.778 bits per heavy atom. The van der Waals surface area contributed by atoms with Crippen molar-refractivity contribution in [2.24, 2.45) is 11.8 Å². The van der Waals surface area contributed by atoms with E-state index in [0.717, 1.165) is 12.8 Å². The van der Waals surface area contributed by atoms with Crippen LogP contribution in [0.1, 0.15) is 46.9 Å². The Hall–Kier alpha value is -1.44. The van der Waals surface area contributed by atoms with Crippen molar-refractivity contribution in [1.82, 2.24) is 0 Å². The summed E-state index contributed by atoms with van der Waals surface area (Å²) >= 11 is 0. The van der Waals surface area contributed by atoms with Gasteiger partial charge < -0.3 is 0 Å². The first kappa shape index (κ1) is 9.48. The van der Waals surface area contributed by atoms with Crippen LogP contribution in [0, 0.1) is 11.8 Å². The molecular formula is C16H14O2. The van der Waals surface area contributed by atoms with Gasteiger partial charge in [-0.2, -0.15) is 0 Å². The first-order valence-electron chi connectivity index (χ1n) is 7.00. The Kier molecular flexibility index (Phi) is 1.46. The molecule has 1 aromatic rings. The molecule has 0 radical (unpaired) electrons. The van der Waals surface area contributed by atoms with Gasteiger partial charge in [0.1, 0.15) is 11.6 Å². The van der Waals surface area contributed by atoms with E-state index in [1.807, 2.05) is 0 Å². The molecule has 0 N–H and O–H groups in total. The van der Waals surface area contributed by atoms with Crippen molar-refractivity contribution in [2.45, 2.75) is 37.5 Å². The van der Waals surface area contributed by atoms with Crippen LogP contribution >= 0.6 is 0 Å². The average molecular weight is 238 g/mol. The van der Waals surface area contributed by atoms with Crippen LogP contribution < -0.4 is 0 Å². The van der Waals surface area contributed by atoms with Crippen LogP contribution in [0.25, 0.3) is 0 Å². The van der Waals surface area contributed by atoms with E-state index in [1.54, 1.807) is 0 Å². The van der Waals surface area contributed by atoms with E-state index in [-0.39, 0.29) is 23.7 Å². The fourth-order valence-electron chi connectivity index (χ4n) is 4.34. The van der Waals surface area contributed by atoms with Crippen LogP contribution in [-0.4, -0.2) is 11.6 Å². The second-order valence-electron chi connectivity index (χ2n) is 6.27. The molecular weight excluding hydrogens is 224 g/mol. The van der Waals surface area contributed by atoms with E-state index in [2.05, 4.69) is 12.1 Å². The third-order valence-electron chi connectivity index (χ3n) is 5.37. The van der Waals surface area contributed by atoms with Crippen LogP contribution in [0.4, 0.5) is 0 Å². The van der Waals surface area contributed by atoms with Gasteiger partial charge >= 0.3 is 0 Å². The molecule has 0 heterocycles. The number of carbonyl (C=O) groups excluding carboxylic acids is 2. The highest BCUT2D eigenvalue weighted by atomic mass is 16.2. The van der Waals surface area contributed by atoms with Gasteiger partial charge in [0.15, 0.2) is 0 Å². The summed E-state index contributed by atoms with van der Waals surface area (Å²) in [5.41, 5.74) is 5.28. The first-order valence-corrected chi connectivity index (χ1v) is 7.00. The molecule has 0 aliphatic heterocycles. The topological polar surface area (TPSA) is 34.1 Å². The lowest BCUT2D eigenvalue weighted by molar-refractivity contribution is -0.114. The SMILES string of the molecule is O=C1C2c3cc4c(cc3C3C(=O)C3C12)CCCC4.